The summed E-state index contributed by atoms with van der Waals surface area (Å²) >= 11 is 0. The van der Waals surface area contributed by atoms with E-state index in [4.69, 9.17) is 5.26 Å². The minimum absolute atomic E-state index is 0.0711. The summed E-state index contributed by atoms with van der Waals surface area (Å²) in [5.41, 5.74) is 0. The van der Waals surface area contributed by atoms with E-state index in [1.165, 1.54) is 0 Å². The second-order valence-corrected chi connectivity index (χ2v) is 4.35. The number of nitrogens with zero attached hydrogens (tertiary/aromatic N) is 4. The Labute approximate surface area is 107 Å². The monoisotopic (exact) mass is 244 g/mol. The molecule has 1 fully saturated rings. The van der Waals surface area contributed by atoms with E-state index in [2.05, 4.69) is 9.88 Å². The van der Waals surface area contributed by atoms with Crippen LogP contribution in [0.25, 0.3) is 0 Å². The Bertz CT molecular complexity index is 446. The summed E-state index contributed by atoms with van der Waals surface area (Å²) in [6.45, 7) is 4.48. The van der Waals surface area contributed by atoms with E-state index >= 15 is 0 Å². The predicted molar refractivity (Wildman–Crippen MR) is 67.8 cm³/mol. The van der Waals surface area contributed by atoms with Crippen LogP contribution >= 0.6 is 0 Å². The molecule has 5 heteroatoms. The maximum absolute atomic E-state index is 11.8. The van der Waals surface area contributed by atoms with Gasteiger partial charge in [0.1, 0.15) is 11.7 Å². The second-order valence-electron chi connectivity index (χ2n) is 4.35. The topological polar surface area (TPSA) is 60.2 Å². The minimum Gasteiger partial charge on any atom is -0.353 e. The molecular weight excluding hydrogens is 228 g/mol. The predicted octanol–water partition coefficient (Wildman–Crippen LogP) is 0.890. The lowest BCUT2D eigenvalue weighted by Crippen LogP contribution is -2.50. The third-order valence-corrected chi connectivity index (χ3v) is 3.13. The van der Waals surface area contributed by atoms with Crippen LogP contribution < -0.4 is 4.90 Å². The molecule has 0 N–H and O–H groups in total. The van der Waals surface area contributed by atoms with Gasteiger partial charge in [0.05, 0.1) is 6.07 Å². The quantitative estimate of drug-likeness (QED) is 0.775. The van der Waals surface area contributed by atoms with E-state index in [0.717, 1.165) is 18.9 Å². The van der Waals surface area contributed by atoms with Gasteiger partial charge in [-0.25, -0.2) is 4.98 Å². The van der Waals surface area contributed by atoms with Gasteiger partial charge in [-0.05, 0) is 19.1 Å². The molecule has 1 saturated heterocycles. The molecular formula is C13H16N4O. The number of carbonyl (C=O) groups excluding carboxylic acids is 1. The lowest BCUT2D eigenvalue weighted by Gasteiger charge is -2.35. The molecule has 1 amide bonds. The first kappa shape index (κ1) is 12.4. The van der Waals surface area contributed by atoms with Crippen LogP contribution in [0, 0.1) is 17.2 Å². The summed E-state index contributed by atoms with van der Waals surface area (Å²) in [7, 11) is 0. The van der Waals surface area contributed by atoms with Crippen molar-refractivity contribution >= 4 is 11.7 Å². The molecule has 1 aliphatic heterocycles. The van der Waals surface area contributed by atoms with Crippen LogP contribution in [0.3, 0.4) is 0 Å². The Hall–Kier alpha value is -2.09. The van der Waals surface area contributed by atoms with Crippen LogP contribution in [0.4, 0.5) is 5.82 Å². The largest absolute Gasteiger partial charge is 0.353 e. The fourth-order valence-electron chi connectivity index (χ4n) is 2.03. The SMILES string of the molecule is CC(C#N)C(=O)N1CCN(c2ccccn2)CC1. The molecule has 5 nitrogen and oxygen atoms in total. The summed E-state index contributed by atoms with van der Waals surface area (Å²) in [4.78, 5) is 20.0. The summed E-state index contributed by atoms with van der Waals surface area (Å²) in [6, 6.07) is 7.80. The van der Waals surface area contributed by atoms with Gasteiger partial charge in [-0.2, -0.15) is 5.26 Å². The van der Waals surface area contributed by atoms with E-state index in [-0.39, 0.29) is 5.91 Å². The van der Waals surface area contributed by atoms with E-state index in [1.807, 2.05) is 24.3 Å². The van der Waals surface area contributed by atoms with Crippen LogP contribution in [0.2, 0.25) is 0 Å². The molecule has 2 rings (SSSR count). The van der Waals surface area contributed by atoms with Crippen molar-refractivity contribution in [3.63, 3.8) is 0 Å². The maximum Gasteiger partial charge on any atom is 0.239 e. The van der Waals surface area contributed by atoms with Crippen LogP contribution in [-0.2, 0) is 4.79 Å². The van der Waals surface area contributed by atoms with Crippen LogP contribution in [0.5, 0.6) is 0 Å². The highest BCUT2D eigenvalue weighted by atomic mass is 16.2. The van der Waals surface area contributed by atoms with Crippen LogP contribution in [0.15, 0.2) is 24.4 Å². The van der Waals surface area contributed by atoms with Gasteiger partial charge in [0.2, 0.25) is 5.91 Å². The number of hydrogen-bond donors (Lipinski definition) is 0. The zero-order valence-electron chi connectivity index (χ0n) is 10.4. The lowest BCUT2D eigenvalue weighted by atomic mass is 10.1. The maximum atomic E-state index is 11.8. The van der Waals surface area contributed by atoms with Gasteiger partial charge in [-0.3, -0.25) is 4.79 Å². The number of nitriles is 1. The zero-order chi connectivity index (χ0) is 13.0. The van der Waals surface area contributed by atoms with Crippen molar-refractivity contribution in [1.82, 2.24) is 9.88 Å². The molecule has 1 atom stereocenters. The van der Waals surface area contributed by atoms with E-state index in [1.54, 1.807) is 18.0 Å². The molecule has 0 aliphatic carbocycles. The van der Waals surface area contributed by atoms with Gasteiger partial charge in [0.25, 0.3) is 0 Å². The Morgan fingerprint density at radius 1 is 1.39 bits per heavy atom. The van der Waals surface area contributed by atoms with Crippen molar-refractivity contribution in [2.24, 2.45) is 5.92 Å². The number of pyridine rings is 1. The summed E-state index contributed by atoms with van der Waals surface area (Å²) in [5, 5.41) is 8.75. The van der Waals surface area contributed by atoms with E-state index in [0.29, 0.717) is 13.1 Å². The number of aromatic nitrogens is 1. The van der Waals surface area contributed by atoms with Crippen molar-refractivity contribution in [2.45, 2.75) is 6.92 Å². The number of amides is 1. The van der Waals surface area contributed by atoms with E-state index < -0.39 is 5.92 Å². The normalized spacial score (nSPS) is 17.1. The molecule has 1 unspecified atom stereocenters. The highest BCUT2D eigenvalue weighted by Gasteiger charge is 2.24. The molecule has 1 aromatic heterocycles. The number of carbonyl (C=O) groups is 1. The smallest absolute Gasteiger partial charge is 0.239 e. The van der Waals surface area contributed by atoms with Crippen LogP contribution in [0.1, 0.15) is 6.92 Å². The number of rotatable bonds is 2. The van der Waals surface area contributed by atoms with Gasteiger partial charge in [-0.15, -0.1) is 0 Å². The molecule has 0 aromatic carbocycles. The molecule has 0 saturated carbocycles. The van der Waals surface area contributed by atoms with Crippen molar-refractivity contribution in [3.05, 3.63) is 24.4 Å². The first-order valence-electron chi connectivity index (χ1n) is 6.07. The molecule has 94 valence electrons. The summed E-state index contributed by atoms with van der Waals surface area (Å²) in [5.74, 6) is 0.322. The van der Waals surface area contributed by atoms with Crippen LogP contribution in [-0.4, -0.2) is 42.0 Å². The average molecular weight is 244 g/mol. The Morgan fingerprint density at radius 2 is 2.11 bits per heavy atom. The fourth-order valence-corrected chi connectivity index (χ4v) is 2.03. The molecule has 0 spiro atoms. The molecule has 2 heterocycles. The fraction of sp³-hybridized carbons (Fsp3) is 0.462. The highest BCUT2D eigenvalue weighted by Crippen LogP contribution is 2.13. The van der Waals surface area contributed by atoms with Gasteiger partial charge in [0.15, 0.2) is 0 Å². The van der Waals surface area contributed by atoms with Gasteiger partial charge >= 0.3 is 0 Å². The van der Waals surface area contributed by atoms with Gasteiger partial charge in [0, 0.05) is 32.4 Å². The number of piperazine rings is 1. The Morgan fingerprint density at radius 3 is 2.67 bits per heavy atom. The minimum atomic E-state index is -0.550. The molecule has 0 bridgehead atoms. The van der Waals surface area contributed by atoms with Crippen molar-refractivity contribution < 1.29 is 4.79 Å². The summed E-state index contributed by atoms with van der Waals surface area (Å²) in [6.07, 6.45) is 1.77. The third-order valence-electron chi connectivity index (χ3n) is 3.13. The van der Waals surface area contributed by atoms with Crippen molar-refractivity contribution in [2.75, 3.05) is 31.1 Å². The first-order valence-corrected chi connectivity index (χ1v) is 6.07. The van der Waals surface area contributed by atoms with Gasteiger partial charge < -0.3 is 9.80 Å². The highest BCUT2D eigenvalue weighted by molar-refractivity contribution is 5.81. The number of hydrogen-bond acceptors (Lipinski definition) is 4. The molecule has 18 heavy (non-hydrogen) atoms. The van der Waals surface area contributed by atoms with E-state index in [9.17, 15) is 4.79 Å². The molecule has 0 radical (unpaired) electrons. The second kappa shape index (κ2) is 5.50. The third kappa shape index (κ3) is 2.59. The van der Waals surface area contributed by atoms with Gasteiger partial charge in [-0.1, -0.05) is 6.07 Å². The first-order chi connectivity index (χ1) is 8.72. The van der Waals surface area contributed by atoms with Crippen molar-refractivity contribution in [1.29, 1.82) is 5.26 Å². The molecule has 1 aliphatic rings. The Balaban J connectivity index is 1.93. The standard InChI is InChI=1S/C13H16N4O/c1-11(10-14)13(18)17-8-6-16(7-9-17)12-4-2-3-5-15-12/h2-5,11H,6-9H2,1H3. The lowest BCUT2D eigenvalue weighted by molar-refractivity contribution is -0.133. The van der Waals surface area contributed by atoms with Crippen molar-refractivity contribution in [3.8, 4) is 6.07 Å². The average Bonchev–Trinajstić information content (AvgIpc) is 2.47. The summed E-state index contributed by atoms with van der Waals surface area (Å²) < 4.78 is 0. The Kier molecular flexibility index (Phi) is 3.78. The number of anilines is 1. The zero-order valence-corrected chi connectivity index (χ0v) is 10.4. The molecule has 1 aromatic rings.